The number of nitrogens with one attached hydrogen (secondary N) is 2. The standard InChI is InChI=1S/C20H25N5O/c1-14(26)23-17-5-2-15(3-6-17)11-25-12-16-4-7-19(18(16)13-25)24-20-10-21-8-9-22-20/h2-3,5-6,8-10,16,18-19H,4,7,11-13H2,1H3,(H,22,24)(H,23,26)/t16-,18+,19+/m0/s1. The Hall–Kier alpha value is -2.47. The molecule has 1 saturated heterocycles. The van der Waals surface area contributed by atoms with Crippen molar-refractivity contribution in [1.29, 1.82) is 0 Å². The maximum Gasteiger partial charge on any atom is 0.221 e. The first-order valence-electron chi connectivity index (χ1n) is 9.29. The number of hydrogen-bond acceptors (Lipinski definition) is 5. The summed E-state index contributed by atoms with van der Waals surface area (Å²) in [6.45, 7) is 4.78. The van der Waals surface area contributed by atoms with Crippen LogP contribution in [0.5, 0.6) is 0 Å². The monoisotopic (exact) mass is 351 g/mol. The molecule has 0 unspecified atom stereocenters. The number of nitrogens with zero attached hydrogens (tertiary/aromatic N) is 3. The van der Waals surface area contributed by atoms with Crippen LogP contribution in [-0.2, 0) is 11.3 Å². The van der Waals surface area contributed by atoms with Crippen LogP contribution in [0.25, 0.3) is 0 Å². The quantitative estimate of drug-likeness (QED) is 0.867. The topological polar surface area (TPSA) is 70.2 Å². The number of amides is 1. The SMILES string of the molecule is CC(=O)Nc1ccc(CN2C[C@@H]3CC[C@@H](Nc4cnccn4)[C@@H]3C2)cc1. The smallest absolute Gasteiger partial charge is 0.221 e. The largest absolute Gasteiger partial charge is 0.366 e. The second-order valence-electron chi connectivity index (χ2n) is 7.41. The van der Waals surface area contributed by atoms with Crippen LogP contribution >= 0.6 is 0 Å². The van der Waals surface area contributed by atoms with Crippen LogP contribution in [0.15, 0.2) is 42.9 Å². The molecule has 3 atom stereocenters. The van der Waals surface area contributed by atoms with Gasteiger partial charge in [-0.25, -0.2) is 4.98 Å². The lowest BCUT2D eigenvalue weighted by molar-refractivity contribution is -0.114. The van der Waals surface area contributed by atoms with Crippen LogP contribution < -0.4 is 10.6 Å². The van der Waals surface area contributed by atoms with E-state index in [0.717, 1.165) is 37.1 Å². The fourth-order valence-corrected chi connectivity index (χ4v) is 4.38. The second kappa shape index (κ2) is 7.41. The van der Waals surface area contributed by atoms with E-state index in [1.54, 1.807) is 18.6 Å². The van der Waals surface area contributed by atoms with Crippen molar-refractivity contribution in [3.63, 3.8) is 0 Å². The van der Waals surface area contributed by atoms with Crippen LogP contribution in [0.1, 0.15) is 25.3 Å². The van der Waals surface area contributed by atoms with Gasteiger partial charge >= 0.3 is 0 Å². The molecule has 1 aromatic carbocycles. The van der Waals surface area contributed by atoms with Crippen molar-refractivity contribution in [2.75, 3.05) is 23.7 Å². The minimum Gasteiger partial charge on any atom is -0.366 e. The highest BCUT2D eigenvalue weighted by Gasteiger charge is 2.42. The van der Waals surface area contributed by atoms with E-state index in [9.17, 15) is 4.79 Å². The van der Waals surface area contributed by atoms with Gasteiger partial charge in [0, 0.05) is 50.7 Å². The summed E-state index contributed by atoms with van der Waals surface area (Å²) < 4.78 is 0. The van der Waals surface area contributed by atoms with Gasteiger partial charge in [0.05, 0.1) is 6.20 Å². The number of benzene rings is 1. The molecule has 1 amide bonds. The van der Waals surface area contributed by atoms with Gasteiger partial charge in [0.25, 0.3) is 0 Å². The Balaban J connectivity index is 1.34. The molecule has 1 saturated carbocycles. The number of rotatable bonds is 5. The van der Waals surface area contributed by atoms with Crippen LogP contribution in [0, 0.1) is 11.8 Å². The molecule has 1 aliphatic heterocycles. The summed E-state index contributed by atoms with van der Waals surface area (Å²) in [4.78, 5) is 22.2. The van der Waals surface area contributed by atoms with Crippen LogP contribution in [0.3, 0.4) is 0 Å². The summed E-state index contributed by atoms with van der Waals surface area (Å²) in [5.41, 5.74) is 2.14. The van der Waals surface area contributed by atoms with Crippen molar-refractivity contribution in [1.82, 2.24) is 14.9 Å². The summed E-state index contributed by atoms with van der Waals surface area (Å²) in [6.07, 6.45) is 7.74. The minimum atomic E-state index is -0.0354. The van der Waals surface area contributed by atoms with Gasteiger partial charge in [-0.1, -0.05) is 12.1 Å². The number of hydrogen-bond donors (Lipinski definition) is 2. The van der Waals surface area contributed by atoms with E-state index in [2.05, 4.69) is 37.6 Å². The number of aromatic nitrogens is 2. The van der Waals surface area contributed by atoms with Crippen LogP contribution in [0.4, 0.5) is 11.5 Å². The molecule has 0 bridgehead atoms. The summed E-state index contributed by atoms with van der Waals surface area (Å²) in [6, 6.07) is 8.66. The molecule has 0 spiro atoms. The molecule has 0 radical (unpaired) electrons. The third-order valence-electron chi connectivity index (χ3n) is 5.51. The van der Waals surface area contributed by atoms with Crippen molar-refractivity contribution in [2.45, 2.75) is 32.4 Å². The maximum atomic E-state index is 11.1. The first-order valence-corrected chi connectivity index (χ1v) is 9.29. The lowest BCUT2D eigenvalue weighted by atomic mass is 9.98. The summed E-state index contributed by atoms with van der Waals surface area (Å²) >= 11 is 0. The minimum absolute atomic E-state index is 0.0354. The Kier molecular flexibility index (Phi) is 4.84. The summed E-state index contributed by atoms with van der Waals surface area (Å²) in [7, 11) is 0. The zero-order chi connectivity index (χ0) is 17.9. The highest BCUT2D eigenvalue weighted by Crippen LogP contribution is 2.39. The van der Waals surface area contributed by atoms with E-state index in [1.807, 2.05) is 12.1 Å². The Labute approximate surface area is 154 Å². The summed E-state index contributed by atoms with van der Waals surface area (Å²) in [5, 5.41) is 6.40. The van der Waals surface area contributed by atoms with E-state index in [0.29, 0.717) is 12.0 Å². The molecule has 4 rings (SSSR count). The zero-order valence-corrected chi connectivity index (χ0v) is 15.1. The van der Waals surface area contributed by atoms with Gasteiger partial charge in [-0.05, 0) is 42.4 Å². The summed E-state index contributed by atoms with van der Waals surface area (Å²) in [5.74, 6) is 2.29. The maximum absolute atomic E-state index is 11.1. The normalized spacial score (nSPS) is 25.0. The number of anilines is 2. The molecule has 2 N–H and O–H groups in total. The lowest BCUT2D eigenvalue weighted by Gasteiger charge is -2.22. The molecule has 1 aliphatic carbocycles. The van der Waals surface area contributed by atoms with Crippen molar-refractivity contribution < 1.29 is 4.79 Å². The Morgan fingerprint density at radius 2 is 2.04 bits per heavy atom. The zero-order valence-electron chi connectivity index (χ0n) is 15.1. The number of carbonyl (C=O) groups is 1. The Morgan fingerprint density at radius 1 is 1.19 bits per heavy atom. The molecule has 2 heterocycles. The van der Waals surface area contributed by atoms with Crippen molar-refractivity contribution in [3.05, 3.63) is 48.4 Å². The fraction of sp³-hybridized carbons (Fsp3) is 0.450. The van der Waals surface area contributed by atoms with Gasteiger partial charge < -0.3 is 10.6 Å². The van der Waals surface area contributed by atoms with Gasteiger partial charge in [0.1, 0.15) is 5.82 Å². The first-order chi connectivity index (χ1) is 12.7. The third-order valence-corrected chi connectivity index (χ3v) is 5.51. The van der Waals surface area contributed by atoms with E-state index >= 15 is 0 Å². The average molecular weight is 351 g/mol. The molecule has 1 aromatic heterocycles. The van der Waals surface area contributed by atoms with E-state index in [-0.39, 0.29) is 5.91 Å². The predicted octanol–water partition coefficient (Wildman–Crippen LogP) is 2.76. The van der Waals surface area contributed by atoms with Crippen molar-refractivity contribution >= 4 is 17.4 Å². The molecular weight excluding hydrogens is 326 g/mol. The average Bonchev–Trinajstić information content (AvgIpc) is 3.19. The van der Waals surface area contributed by atoms with Crippen molar-refractivity contribution in [3.8, 4) is 0 Å². The van der Waals surface area contributed by atoms with Gasteiger partial charge in [-0.3, -0.25) is 14.7 Å². The fourth-order valence-electron chi connectivity index (χ4n) is 4.38. The Bertz CT molecular complexity index is 749. The second-order valence-corrected chi connectivity index (χ2v) is 7.41. The molecule has 6 nitrogen and oxygen atoms in total. The third kappa shape index (κ3) is 3.85. The highest BCUT2D eigenvalue weighted by atomic mass is 16.1. The molecule has 2 aliphatic rings. The van der Waals surface area contributed by atoms with Crippen molar-refractivity contribution in [2.24, 2.45) is 11.8 Å². The van der Waals surface area contributed by atoms with Gasteiger partial charge in [0.15, 0.2) is 0 Å². The first kappa shape index (κ1) is 17.0. The molecule has 2 aromatic rings. The van der Waals surface area contributed by atoms with E-state index < -0.39 is 0 Å². The molecule has 6 heteroatoms. The van der Waals surface area contributed by atoms with Crippen LogP contribution in [0.2, 0.25) is 0 Å². The molecular formula is C20H25N5O. The van der Waals surface area contributed by atoms with E-state index in [1.165, 1.54) is 25.3 Å². The molecule has 2 fully saturated rings. The Morgan fingerprint density at radius 3 is 2.77 bits per heavy atom. The number of fused-ring (bicyclic) bond motifs is 1. The predicted molar refractivity (Wildman–Crippen MR) is 102 cm³/mol. The number of likely N-dealkylation sites (tertiary alicyclic amines) is 1. The van der Waals surface area contributed by atoms with Gasteiger partial charge in [-0.15, -0.1) is 0 Å². The molecule has 136 valence electrons. The van der Waals surface area contributed by atoms with E-state index in [4.69, 9.17) is 0 Å². The number of carbonyl (C=O) groups excluding carboxylic acids is 1. The molecule has 26 heavy (non-hydrogen) atoms. The van der Waals surface area contributed by atoms with Crippen LogP contribution in [-0.4, -0.2) is 39.9 Å². The van der Waals surface area contributed by atoms with Gasteiger partial charge in [-0.2, -0.15) is 0 Å². The lowest BCUT2D eigenvalue weighted by Crippen LogP contribution is -2.30. The highest BCUT2D eigenvalue weighted by molar-refractivity contribution is 5.88. The van der Waals surface area contributed by atoms with Gasteiger partial charge in [0.2, 0.25) is 5.91 Å².